The summed E-state index contributed by atoms with van der Waals surface area (Å²) in [7, 11) is -2.10. The standard InChI is InChI=1S/C21H23NO4S/c1-4-26-14-21(13-22)19(16-7-9-17(25-3)10-8-16)20(21)27(23,24)18-11-5-15(2)6-12-18/h5-12,19-20H,4,14H2,1-3H3/t19-,20+,21+/m0/s1. The molecule has 1 aliphatic rings. The minimum Gasteiger partial charge on any atom is -0.497 e. The van der Waals surface area contributed by atoms with Gasteiger partial charge < -0.3 is 9.47 Å². The smallest absolute Gasteiger partial charge is 0.183 e. The number of aryl methyl sites for hydroxylation is 1. The van der Waals surface area contributed by atoms with Crippen LogP contribution >= 0.6 is 0 Å². The van der Waals surface area contributed by atoms with Crippen LogP contribution in [-0.2, 0) is 14.6 Å². The first-order valence-corrected chi connectivity index (χ1v) is 10.4. The molecule has 6 heteroatoms. The first kappa shape index (κ1) is 19.4. The summed E-state index contributed by atoms with van der Waals surface area (Å²) in [5.74, 6) is 0.246. The van der Waals surface area contributed by atoms with E-state index < -0.39 is 26.4 Å². The normalized spacial score (nSPS) is 24.2. The molecule has 0 N–H and O–H groups in total. The van der Waals surface area contributed by atoms with Crippen LogP contribution in [0.4, 0.5) is 0 Å². The lowest BCUT2D eigenvalue weighted by molar-refractivity contribution is 0.117. The average molecular weight is 385 g/mol. The lowest BCUT2D eigenvalue weighted by Crippen LogP contribution is -2.19. The van der Waals surface area contributed by atoms with E-state index in [-0.39, 0.29) is 11.5 Å². The van der Waals surface area contributed by atoms with Crippen molar-refractivity contribution in [1.29, 1.82) is 5.26 Å². The van der Waals surface area contributed by atoms with Crippen molar-refractivity contribution in [3.8, 4) is 11.8 Å². The van der Waals surface area contributed by atoms with Gasteiger partial charge in [-0.05, 0) is 43.7 Å². The number of hydrogen-bond donors (Lipinski definition) is 0. The fraction of sp³-hybridized carbons (Fsp3) is 0.381. The maximum Gasteiger partial charge on any atom is 0.183 e. The number of nitrogens with zero attached hydrogens (tertiary/aromatic N) is 1. The van der Waals surface area contributed by atoms with Crippen LogP contribution in [-0.4, -0.2) is 34.0 Å². The first-order chi connectivity index (χ1) is 12.9. The van der Waals surface area contributed by atoms with Crippen molar-refractivity contribution < 1.29 is 17.9 Å². The maximum atomic E-state index is 13.3. The third-order valence-electron chi connectivity index (χ3n) is 5.17. The van der Waals surface area contributed by atoms with Crippen molar-refractivity contribution in [1.82, 2.24) is 0 Å². The van der Waals surface area contributed by atoms with Gasteiger partial charge in [0.2, 0.25) is 0 Å². The van der Waals surface area contributed by atoms with Crippen molar-refractivity contribution in [3.63, 3.8) is 0 Å². The number of hydrogen-bond acceptors (Lipinski definition) is 5. The molecule has 27 heavy (non-hydrogen) atoms. The highest BCUT2D eigenvalue weighted by molar-refractivity contribution is 7.92. The number of nitriles is 1. The minimum absolute atomic E-state index is 0.0897. The molecule has 0 heterocycles. The fourth-order valence-electron chi connectivity index (χ4n) is 3.63. The molecule has 3 rings (SSSR count). The monoisotopic (exact) mass is 385 g/mol. The number of sulfone groups is 1. The Balaban J connectivity index is 2.04. The average Bonchev–Trinajstić information content (AvgIpc) is 3.37. The molecule has 3 atom stereocenters. The predicted octanol–water partition coefficient (Wildman–Crippen LogP) is 3.49. The molecule has 1 aliphatic carbocycles. The van der Waals surface area contributed by atoms with Gasteiger partial charge in [0.15, 0.2) is 9.84 Å². The molecular weight excluding hydrogens is 362 g/mol. The Kier molecular flexibility index (Phi) is 5.27. The zero-order chi connectivity index (χ0) is 19.7. The van der Waals surface area contributed by atoms with Gasteiger partial charge in [-0.25, -0.2) is 8.42 Å². The summed E-state index contributed by atoms with van der Waals surface area (Å²) in [5.41, 5.74) is 0.698. The first-order valence-electron chi connectivity index (χ1n) is 8.84. The highest BCUT2D eigenvalue weighted by atomic mass is 32.2. The summed E-state index contributed by atoms with van der Waals surface area (Å²) in [6, 6.07) is 16.2. The highest BCUT2D eigenvalue weighted by Crippen LogP contribution is 2.64. The largest absolute Gasteiger partial charge is 0.497 e. The molecule has 0 unspecified atom stereocenters. The number of rotatable bonds is 7. The summed E-state index contributed by atoms with van der Waals surface area (Å²) in [6.07, 6.45) is 0. The van der Waals surface area contributed by atoms with Crippen molar-refractivity contribution >= 4 is 9.84 Å². The van der Waals surface area contributed by atoms with Gasteiger partial charge in [-0.3, -0.25) is 0 Å². The van der Waals surface area contributed by atoms with E-state index in [0.29, 0.717) is 12.4 Å². The lowest BCUT2D eigenvalue weighted by Gasteiger charge is -2.10. The fourth-order valence-corrected chi connectivity index (χ4v) is 5.94. The summed E-state index contributed by atoms with van der Waals surface area (Å²) in [4.78, 5) is 0.241. The van der Waals surface area contributed by atoms with Crippen LogP contribution in [0, 0.1) is 23.7 Å². The van der Waals surface area contributed by atoms with Crippen LogP contribution in [0.1, 0.15) is 24.0 Å². The number of benzene rings is 2. The van der Waals surface area contributed by atoms with Crippen LogP contribution in [0.5, 0.6) is 5.75 Å². The molecule has 2 aromatic carbocycles. The molecule has 0 amide bonds. The Labute approximate surface area is 160 Å². The SMILES string of the molecule is CCOC[C@@]1(C#N)[C@H](S(=O)(=O)c2ccc(C)cc2)[C@@H]1c1ccc(OC)cc1. The Morgan fingerprint density at radius 3 is 2.26 bits per heavy atom. The van der Waals surface area contributed by atoms with Gasteiger partial charge in [0.25, 0.3) is 0 Å². The zero-order valence-electron chi connectivity index (χ0n) is 15.7. The molecule has 5 nitrogen and oxygen atoms in total. The molecule has 142 valence electrons. The van der Waals surface area contributed by atoms with Crippen LogP contribution in [0.25, 0.3) is 0 Å². The molecule has 2 aromatic rings. The second-order valence-electron chi connectivity index (χ2n) is 6.82. The molecule has 1 saturated carbocycles. The van der Waals surface area contributed by atoms with E-state index in [2.05, 4.69) is 6.07 Å². The van der Waals surface area contributed by atoms with Crippen LogP contribution in [0.2, 0.25) is 0 Å². The van der Waals surface area contributed by atoms with Gasteiger partial charge in [-0.1, -0.05) is 29.8 Å². The van der Waals surface area contributed by atoms with E-state index in [1.165, 1.54) is 0 Å². The van der Waals surface area contributed by atoms with Gasteiger partial charge in [-0.2, -0.15) is 5.26 Å². The molecule has 0 spiro atoms. The minimum atomic E-state index is -3.68. The Hall–Kier alpha value is -2.36. The summed E-state index contributed by atoms with van der Waals surface area (Å²) >= 11 is 0. The number of ether oxygens (including phenoxy) is 2. The van der Waals surface area contributed by atoms with E-state index in [1.807, 2.05) is 26.0 Å². The van der Waals surface area contributed by atoms with Crippen LogP contribution in [0.3, 0.4) is 0 Å². The quantitative estimate of drug-likeness (QED) is 0.729. The molecule has 1 fully saturated rings. The van der Waals surface area contributed by atoms with E-state index >= 15 is 0 Å². The van der Waals surface area contributed by atoms with E-state index in [1.54, 1.807) is 43.5 Å². The summed E-state index contributed by atoms with van der Waals surface area (Å²) in [6.45, 7) is 4.25. The summed E-state index contributed by atoms with van der Waals surface area (Å²) < 4.78 is 37.3. The van der Waals surface area contributed by atoms with Crippen LogP contribution in [0.15, 0.2) is 53.4 Å². The summed E-state index contributed by atoms with van der Waals surface area (Å²) in [5, 5.41) is 9.09. The second kappa shape index (κ2) is 7.34. The molecule has 0 aliphatic heterocycles. The Morgan fingerprint density at radius 2 is 1.74 bits per heavy atom. The van der Waals surface area contributed by atoms with Crippen molar-refractivity contribution in [2.45, 2.75) is 29.9 Å². The molecule has 0 bridgehead atoms. The molecular formula is C21H23NO4S. The highest BCUT2D eigenvalue weighted by Gasteiger charge is 2.72. The molecule has 0 saturated heterocycles. The molecule has 0 radical (unpaired) electrons. The lowest BCUT2D eigenvalue weighted by atomic mass is 10.0. The molecule has 0 aromatic heterocycles. The van der Waals surface area contributed by atoms with E-state index in [0.717, 1.165) is 11.1 Å². The Morgan fingerprint density at radius 1 is 1.11 bits per heavy atom. The van der Waals surface area contributed by atoms with Crippen molar-refractivity contribution in [2.75, 3.05) is 20.3 Å². The van der Waals surface area contributed by atoms with Crippen molar-refractivity contribution in [2.24, 2.45) is 5.41 Å². The zero-order valence-corrected chi connectivity index (χ0v) is 16.5. The van der Waals surface area contributed by atoms with Crippen molar-refractivity contribution in [3.05, 3.63) is 59.7 Å². The van der Waals surface area contributed by atoms with E-state index in [9.17, 15) is 13.7 Å². The van der Waals surface area contributed by atoms with Gasteiger partial charge in [0.05, 0.1) is 29.9 Å². The van der Waals surface area contributed by atoms with Gasteiger partial charge in [0.1, 0.15) is 11.2 Å². The van der Waals surface area contributed by atoms with Crippen LogP contribution < -0.4 is 4.74 Å². The van der Waals surface area contributed by atoms with Gasteiger partial charge >= 0.3 is 0 Å². The number of methoxy groups -OCH3 is 1. The topological polar surface area (TPSA) is 76.4 Å². The second-order valence-corrected chi connectivity index (χ2v) is 8.89. The van der Waals surface area contributed by atoms with E-state index in [4.69, 9.17) is 9.47 Å². The third-order valence-corrected chi connectivity index (χ3v) is 7.46. The van der Waals surface area contributed by atoms with Gasteiger partial charge in [0, 0.05) is 12.5 Å². The Bertz CT molecular complexity index is 945. The third kappa shape index (κ3) is 3.33. The predicted molar refractivity (Wildman–Crippen MR) is 102 cm³/mol. The van der Waals surface area contributed by atoms with Gasteiger partial charge in [-0.15, -0.1) is 0 Å². The maximum absolute atomic E-state index is 13.3.